The van der Waals surface area contributed by atoms with Crippen LogP contribution in [0.4, 0.5) is 0 Å². The molecular formula is C19H19ClN4O2S. The lowest BCUT2D eigenvalue weighted by molar-refractivity contribution is -0.123. The molecule has 0 atom stereocenters. The monoisotopic (exact) mass is 402 g/mol. The van der Waals surface area contributed by atoms with Crippen LogP contribution in [0.1, 0.15) is 18.7 Å². The Balaban J connectivity index is 1.57. The highest BCUT2D eigenvalue weighted by molar-refractivity contribution is 7.17. The summed E-state index contributed by atoms with van der Waals surface area (Å²) in [4.78, 5) is 34.5. The van der Waals surface area contributed by atoms with E-state index in [1.807, 2.05) is 29.6 Å². The van der Waals surface area contributed by atoms with Crippen LogP contribution in [0.15, 0.2) is 34.4 Å². The van der Waals surface area contributed by atoms with Gasteiger partial charge in [0.15, 0.2) is 0 Å². The molecule has 4 rings (SSSR count). The van der Waals surface area contributed by atoms with Crippen molar-refractivity contribution in [2.45, 2.75) is 19.4 Å². The molecule has 0 aliphatic carbocycles. The summed E-state index contributed by atoms with van der Waals surface area (Å²) in [6.45, 7) is 2.11. The van der Waals surface area contributed by atoms with Crippen LogP contribution in [-0.4, -0.2) is 33.9 Å². The minimum absolute atomic E-state index is 0.0463. The van der Waals surface area contributed by atoms with E-state index in [2.05, 4.69) is 14.9 Å². The lowest BCUT2D eigenvalue weighted by atomic mass is 9.96. The standard InChI is InChI=1S/C19H19ClN4O2S/c20-13-3-1-11(2-4-13)14-10-27-19-16(14)18(26)22-15(23-19)9-24-7-5-12(6-8-24)17(21)25/h1-4,10,12H,5-9H2,(H2,21,25)(H,22,23,26). The fourth-order valence-corrected chi connectivity index (χ4v) is 4.59. The number of hydrogen-bond acceptors (Lipinski definition) is 5. The third-order valence-corrected chi connectivity index (χ3v) is 6.14. The molecule has 2 aromatic heterocycles. The summed E-state index contributed by atoms with van der Waals surface area (Å²) in [5.41, 5.74) is 7.06. The summed E-state index contributed by atoms with van der Waals surface area (Å²) >= 11 is 7.42. The molecule has 1 fully saturated rings. The number of likely N-dealkylation sites (tertiary alicyclic amines) is 1. The maximum absolute atomic E-state index is 12.7. The number of primary amides is 1. The number of nitrogens with two attached hydrogens (primary N) is 1. The number of benzene rings is 1. The summed E-state index contributed by atoms with van der Waals surface area (Å²) in [7, 11) is 0. The number of amides is 1. The Morgan fingerprint density at radius 3 is 2.67 bits per heavy atom. The second-order valence-electron chi connectivity index (χ2n) is 6.80. The maximum atomic E-state index is 12.7. The van der Waals surface area contributed by atoms with E-state index in [4.69, 9.17) is 17.3 Å². The summed E-state index contributed by atoms with van der Waals surface area (Å²) in [6, 6.07) is 7.43. The molecule has 1 saturated heterocycles. The van der Waals surface area contributed by atoms with Gasteiger partial charge in [0.05, 0.1) is 11.9 Å². The summed E-state index contributed by atoms with van der Waals surface area (Å²) in [6.07, 6.45) is 1.50. The van der Waals surface area contributed by atoms with Gasteiger partial charge < -0.3 is 10.7 Å². The van der Waals surface area contributed by atoms with E-state index in [1.165, 1.54) is 11.3 Å². The van der Waals surface area contributed by atoms with Gasteiger partial charge in [-0.15, -0.1) is 11.3 Å². The molecule has 1 amide bonds. The number of thiophene rings is 1. The second kappa shape index (κ2) is 7.42. The number of hydrogen-bond donors (Lipinski definition) is 2. The molecule has 140 valence electrons. The van der Waals surface area contributed by atoms with Crippen LogP contribution in [-0.2, 0) is 11.3 Å². The van der Waals surface area contributed by atoms with Gasteiger partial charge in [0, 0.05) is 21.9 Å². The van der Waals surface area contributed by atoms with Crippen LogP contribution in [0.25, 0.3) is 21.3 Å². The van der Waals surface area contributed by atoms with Crippen LogP contribution < -0.4 is 11.3 Å². The Kier molecular flexibility index (Phi) is 4.99. The Bertz CT molecular complexity index is 1040. The summed E-state index contributed by atoms with van der Waals surface area (Å²) in [5.74, 6) is 0.375. The molecule has 0 saturated carbocycles. The normalized spacial score (nSPS) is 16.0. The molecule has 0 spiro atoms. The van der Waals surface area contributed by atoms with E-state index in [0.29, 0.717) is 22.8 Å². The van der Waals surface area contributed by atoms with Gasteiger partial charge in [-0.3, -0.25) is 14.5 Å². The topological polar surface area (TPSA) is 92.1 Å². The molecule has 0 bridgehead atoms. The first-order chi connectivity index (χ1) is 13.0. The van der Waals surface area contributed by atoms with Crippen molar-refractivity contribution < 1.29 is 4.79 Å². The summed E-state index contributed by atoms with van der Waals surface area (Å²) < 4.78 is 0. The van der Waals surface area contributed by atoms with Gasteiger partial charge in [0.1, 0.15) is 10.7 Å². The van der Waals surface area contributed by atoms with E-state index in [-0.39, 0.29) is 17.4 Å². The first-order valence-corrected chi connectivity index (χ1v) is 10.0. The number of carbonyl (C=O) groups is 1. The Hall–Kier alpha value is -2.22. The van der Waals surface area contributed by atoms with Gasteiger partial charge in [0.25, 0.3) is 5.56 Å². The van der Waals surface area contributed by atoms with Crippen molar-refractivity contribution in [1.82, 2.24) is 14.9 Å². The Labute approximate surface area is 165 Å². The molecule has 0 radical (unpaired) electrons. The van der Waals surface area contributed by atoms with Crippen molar-refractivity contribution in [3.63, 3.8) is 0 Å². The Morgan fingerprint density at radius 1 is 1.30 bits per heavy atom. The van der Waals surface area contributed by atoms with Crippen LogP contribution in [0.5, 0.6) is 0 Å². The molecular weight excluding hydrogens is 384 g/mol. The number of aromatic amines is 1. The van der Waals surface area contributed by atoms with Crippen LogP contribution in [0, 0.1) is 5.92 Å². The second-order valence-corrected chi connectivity index (χ2v) is 8.10. The van der Waals surface area contributed by atoms with E-state index in [1.54, 1.807) is 0 Å². The first kappa shape index (κ1) is 18.2. The number of carbonyl (C=O) groups excluding carboxylic acids is 1. The van der Waals surface area contributed by atoms with Crippen molar-refractivity contribution >= 4 is 39.1 Å². The average molecular weight is 403 g/mol. The lowest BCUT2D eigenvalue weighted by Gasteiger charge is -2.29. The summed E-state index contributed by atoms with van der Waals surface area (Å²) in [5, 5.41) is 3.23. The third-order valence-electron chi connectivity index (χ3n) is 5.01. The van der Waals surface area contributed by atoms with E-state index < -0.39 is 0 Å². The highest BCUT2D eigenvalue weighted by atomic mass is 35.5. The lowest BCUT2D eigenvalue weighted by Crippen LogP contribution is -2.38. The van der Waals surface area contributed by atoms with Crippen LogP contribution in [0.2, 0.25) is 5.02 Å². The molecule has 1 aromatic carbocycles. The Morgan fingerprint density at radius 2 is 2.00 bits per heavy atom. The van der Waals surface area contributed by atoms with Crippen molar-refractivity contribution in [2.24, 2.45) is 11.7 Å². The predicted molar refractivity (Wildman–Crippen MR) is 108 cm³/mol. The van der Waals surface area contributed by atoms with Crippen LogP contribution >= 0.6 is 22.9 Å². The average Bonchev–Trinajstić information content (AvgIpc) is 3.07. The molecule has 6 nitrogen and oxygen atoms in total. The molecule has 0 unspecified atom stereocenters. The number of fused-ring (bicyclic) bond motifs is 1. The maximum Gasteiger partial charge on any atom is 0.260 e. The van der Waals surface area contributed by atoms with E-state index in [0.717, 1.165) is 41.9 Å². The molecule has 1 aliphatic rings. The van der Waals surface area contributed by atoms with Gasteiger partial charge in [0.2, 0.25) is 5.91 Å². The molecule has 27 heavy (non-hydrogen) atoms. The number of piperidine rings is 1. The SMILES string of the molecule is NC(=O)C1CCN(Cc2nc3scc(-c4ccc(Cl)cc4)c3c(=O)[nH]2)CC1. The number of aromatic nitrogens is 2. The van der Waals surface area contributed by atoms with Gasteiger partial charge in [-0.1, -0.05) is 23.7 Å². The number of nitrogens with one attached hydrogen (secondary N) is 1. The van der Waals surface area contributed by atoms with E-state index >= 15 is 0 Å². The van der Waals surface area contributed by atoms with E-state index in [9.17, 15) is 9.59 Å². The molecule has 8 heteroatoms. The van der Waals surface area contributed by atoms with Crippen molar-refractivity contribution in [3.8, 4) is 11.1 Å². The fourth-order valence-electron chi connectivity index (χ4n) is 3.50. The third kappa shape index (κ3) is 3.76. The number of nitrogens with zero attached hydrogens (tertiary/aromatic N) is 2. The van der Waals surface area contributed by atoms with Crippen molar-refractivity contribution in [2.75, 3.05) is 13.1 Å². The smallest absolute Gasteiger partial charge is 0.260 e. The number of halogens is 1. The predicted octanol–water partition coefficient (Wildman–Crippen LogP) is 3.00. The van der Waals surface area contributed by atoms with Gasteiger partial charge in [-0.25, -0.2) is 4.98 Å². The minimum Gasteiger partial charge on any atom is -0.369 e. The zero-order chi connectivity index (χ0) is 19.0. The van der Waals surface area contributed by atoms with Gasteiger partial charge in [-0.05, 0) is 43.6 Å². The molecule has 3 heterocycles. The first-order valence-electron chi connectivity index (χ1n) is 8.79. The van der Waals surface area contributed by atoms with Crippen LogP contribution in [0.3, 0.4) is 0 Å². The highest BCUT2D eigenvalue weighted by Crippen LogP contribution is 2.31. The quantitative estimate of drug-likeness (QED) is 0.701. The molecule has 3 N–H and O–H groups in total. The minimum atomic E-state index is -0.226. The molecule has 3 aromatic rings. The zero-order valence-electron chi connectivity index (χ0n) is 14.6. The number of H-pyrrole nitrogens is 1. The number of rotatable bonds is 4. The van der Waals surface area contributed by atoms with Crippen molar-refractivity contribution in [1.29, 1.82) is 0 Å². The van der Waals surface area contributed by atoms with Gasteiger partial charge in [-0.2, -0.15) is 0 Å². The molecule has 1 aliphatic heterocycles. The zero-order valence-corrected chi connectivity index (χ0v) is 16.1. The highest BCUT2D eigenvalue weighted by Gasteiger charge is 2.23. The van der Waals surface area contributed by atoms with Gasteiger partial charge >= 0.3 is 0 Å². The largest absolute Gasteiger partial charge is 0.369 e. The van der Waals surface area contributed by atoms with Crippen molar-refractivity contribution in [3.05, 3.63) is 50.8 Å². The fraction of sp³-hybridized carbons (Fsp3) is 0.316.